The van der Waals surface area contributed by atoms with Crippen LogP contribution in [-0.4, -0.2) is 15.7 Å². The van der Waals surface area contributed by atoms with Crippen molar-refractivity contribution in [2.24, 2.45) is 7.05 Å². The zero-order valence-electron chi connectivity index (χ0n) is 14.1. The van der Waals surface area contributed by atoms with E-state index in [1.54, 1.807) is 30.3 Å². The number of hydrogen-bond acceptors (Lipinski definition) is 2. The van der Waals surface area contributed by atoms with Gasteiger partial charge in [-0.3, -0.25) is 4.79 Å². The number of carbonyl (C=O) groups excluding carboxylic acids is 1. The summed E-state index contributed by atoms with van der Waals surface area (Å²) >= 11 is 12.1. The van der Waals surface area contributed by atoms with Crippen molar-refractivity contribution < 1.29 is 22.4 Å². The number of anilines is 1. The molecule has 0 aliphatic rings. The summed E-state index contributed by atoms with van der Waals surface area (Å²) in [6, 6.07) is 10.9. The average Bonchev–Trinajstić information content (AvgIpc) is 2.91. The molecule has 10 heteroatoms. The van der Waals surface area contributed by atoms with Crippen LogP contribution in [0.25, 0.3) is 11.1 Å². The van der Waals surface area contributed by atoms with Gasteiger partial charge in [-0.15, -0.1) is 0 Å². The van der Waals surface area contributed by atoms with E-state index in [1.165, 1.54) is 12.1 Å². The van der Waals surface area contributed by atoms with Gasteiger partial charge in [0.05, 0.1) is 0 Å². The van der Waals surface area contributed by atoms with Gasteiger partial charge in [-0.2, -0.15) is 22.7 Å². The van der Waals surface area contributed by atoms with Gasteiger partial charge in [0, 0.05) is 33.9 Å². The topological polar surface area (TPSA) is 46.9 Å². The monoisotopic (exact) mass is 431 g/mol. The van der Waals surface area contributed by atoms with Crippen LogP contribution in [0.4, 0.5) is 23.2 Å². The highest BCUT2D eigenvalue weighted by Gasteiger charge is 2.41. The molecule has 0 spiro atoms. The van der Waals surface area contributed by atoms with E-state index in [2.05, 4.69) is 10.4 Å². The Morgan fingerprint density at radius 3 is 2.43 bits per heavy atom. The first kappa shape index (κ1) is 20.2. The van der Waals surface area contributed by atoms with E-state index in [4.69, 9.17) is 23.2 Å². The van der Waals surface area contributed by atoms with Gasteiger partial charge in [0.1, 0.15) is 5.56 Å². The summed E-state index contributed by atoms with van der Waals surface area (Å²) in [7, 11) is 0.975. The molecule has 3 rings (SSSR count). The molecule has 1 amide bonds. The number of nitrogens with zero attached hydrogens (tertiary/aromatic N) is 2. The summed E-state index contributed by atoms with van der Waals surface area (Å²) in [5.74, 6) is -2.68. The first-order valence-corrected chi connectivity index (χ1v) is 8.50. The molecule has 0 bridgehead atoms. The molecule has 3 aromatic rings. The Hall–Kier alpha value is -2.58. The summed E-state index contributed by atoms with van der Waals surface area (Å²) in [6.45, 7) is 0. The Kier molecular flexibility index (Phi) is 5.36. The average molecular weight is 432 g/mol. The molecule has 1 aromatic heterocycles. The minimum absolute atomic E-state index is 0.146. The fourth-order valence-electron chi connectivity index (χ4n) is 2.62. The van der Waals surface area contributed by atoms with Crippen LogP contribution in [-0.2, 0) is 13.2 Å². The Balaban J connectivity index is 2.04. The predicted molar refractivity (Wildman–Crippen MR) is 98.0 cm³/mol. The van der Waals surface area contributed by atoms with E-state index in [-0.39, 0.29) is 10.7 Å². The minimum atomic E-state index is -4.99. The second kappa shape index (κ2) is 7.44. The molecule has 0 radical (unpaired) electrons. The van der Waals surface area contributed by atoms with Crippen LogP contribution >= 0.6 is 23.2 Å². The number of alkyl halides is 3. The molecule has 0 atom stereocenters. The summed E-state index contributed by atoms with van der Waals surface area (Å²) in [5, 5.41) is 6.05. The smallest absolute Gasteiger partial charge is 0.321 e. The van der Waals surface area contributed by atoms with Crippen molar-refractivity contribution >= 4 is 34.8 Å². The van der Waals surface area contributed by atoms with Gasteiger partial charge in [-0.1, -0.05) is 47.5 Å². The van der Waals surface area contributed by atoms with Gasteiger partial charge >= 0.3 is 6.18 Å². The van der Waals surface area contributed by atoms with Crippen molar-refractivity contribution in [3.05, 3.63) is 69.7 Å². The molecule has 0 aliphatic carbocycles. The molecule has 0 saturated carbocycles. The van der Waals surface area contributed by atoms with E-state index >= 15 is 0 Å². The zero-order valence-corrected chi connectivity index (χ0v) is 15.6. The van der Waals surface area contributed by atoms with Gasteiger partial charge in [0.15, 0.2) is 5.69 Å². The van der Waals surface area contributed by atoms with Crippen molar-refractivity contribution in [2.75, 3.05) is 5.32 Å². The van der Waals surface area contributed by atoms with Gasteiger partial charge in [-0.25, -0.2) is 4.68 Å². The van der Waals surface area contributed by atoms with Gasteiger partial charge < -0.3 is 5.32 Å². The second-order valence-electron chi connectivity index (χ2n) is 5.76. The third kappa shape index (κ3) is 3.83. The second-order valence-corrected chi connectivity index (χ2v) is 6.60. The maximum atomic E-state index is 14.1. The molecular weight excluding hydrogens is 421 g/mol. The minimum Gasteiger partial charge on any atom is -0.321 e. The number of carbonyl (C=O) groups is 1. The SMILES string of the molecule is Cn1nc(C(F)(F)F)c(C(=O)Nc2ccccc2-c2ccc(Cl)cc2Cl)c1F. The highest BCUT2D eigenvalue weighted by atomic mass is 35.5. The number of aromatic nitrogens is 2. The Morgan fingerprint density at radius 1 is 1.11 bits per heavy atom. The molecule has 0 saturated heterocycles. The maximum Gasteiger partial charge on any atom is 0.436 e. The molecule has 0 unspecified atom stereocenters. The molecular formula is C18H11Cl2F4N3O. The van der Waals surface area contributed by atoms with Crippen LogP contribution in [0.3, 0.4) is 0 Å². The molecule has 0 fully saturated rings. The van der Waals surface area contributed by atoms with E-state index in [9.17, 15) is 22.4 Å². The Labute approximate surface area is 166 Å². The lowest BCUT2D eigenvalue weighted by Gasteiger charge is -2.13. The number of aryl methyl sites for hydroxylation is 1. The first-order chi connectivity index (χ1) is 13.1. The molecule has 146 valence electrons. The normalized spacial score (nSPS) is 11.5. The highest BCUT2D eigenvalue weighted by Crippen LogP contribution is 2.36. The standard InChI is InChI=1S/C18H11Cl2F4N3O/c1-27-16(21)14(15(26-27)18(22,23)24)17(28)25-13-5-3-2-4-11(13)10-7-6-9(19)8-12(10)20/h2-8H,1H3,(H,25,28). The van der Waals surface area contributed by atoms with Crippen LogP contribution < -0.4 is 5.32 Å². The molecule has 1 N–H and O–H groups in total. The van der Waals surface area contributed by atoms with Crippen LogP contribution in [0.15, 0.2) is 42.5 Å². The van der Waals surface area contributed by atoms with Crippen molar-refractivity contribution in [1.29, 1.82) is 0 Å². The molecule has 2 aromatic carbocycles. The van der Waals surface area contributed by atoms with E-state index in [1.807, 2.05) is 0 Å². The molecule has 0 aliphatic heterocycles. The highest BCUT2D eigenvalue weighted by molar-refractivity contribution is 6.36. The van der Waals surface area contributed by atoms with Crippen LogP contribution in [0.5, 0.6) is 0 Å². The van der Waals surface area contributed by atoms with E-state index in [0.29, 0.717) is 20.8 Å². The van der Waals surface area contributed by atoms with Crippen molar-refractivity contribution in [3.63, 3.8) is 0 Å². The fraction of sp³-hybridized carbons (Fsp3) is 0.111. The summed E-state index contributed by atoms with van der Waals surface area (Å²) in [4.78, 5) is 12.5. The Bertz CT molecular complexity index is 1060. The number of amides is 1. The summed E-state index contributed by atoms with van der Waals surface area (Å²) < 4.78 is 53.9. The van der Waals surface area contributed by atoms with Crippen molar-refractivity contribution in [3.8, 4) is 11.1 Å². The van der Waals surface area contributed by atoms with Gasteiger partial charge in [0.2, 0.25) is 5.95 Å². The number of halogens is 6. The van der Waals surface area contributed by atoms with Crippen LogP contribution in [0.2, 0.25) is 10.0 Å². The molecule has 4 nitrogen and oxygen atoms in total. The van der Waals surface area contributed by atoms with Crippen LogP contribution in [0, 0.1) is 5.95 Å². The summed E-state index contributed by atoms with van der Waals surface area (Å²) in [6.07, 6.45) is -4.99. The lowest BCUT2D eigenvalue weighted by atomic mass is 10.0. The van der Waals surface area contributed by atoms with Crippen LogP contribution in [0.1, 0.15) is 16.1 Å². The number of rotatable bonds is 3. The lowest BCUT2D eigenvalue weighted by Crippen LogP contribution is -2.19. The number of para-hydroxylation sites is 1. The number of nitrogens with one attached hydrogen (secondary N) is 1. The van der Waals surface area contributed by atoms with Gasteiger partial charge in [-0.05, 0) is 18.2 Å². The summed E-state index contributed by atoms with van der Waals surface area (Å²) in [5.41, 5.74) is -1.73. The first-order valence-electron chi connectivity index (χ1n) is 7.75. The van der Waals surface area contributed by atoms with Gasteiger partial charge in [0.25, 0.3) is 5.91 Å². The number of benzene rings is 2. The van der Waals surface area contributed by atoms with Crippen molar-refractivity contribution in [1.82, 2.24) is 9.78 Å². The lowest BCUT2D eigenvalue weighted by molar-refractivity contribution is -0.141. The quantitative estimate of drug-likeness (QED) is 0.532. The zero-order chi connectivity index (χ0) is 20.6. The molecule has 28 heavy (non-hydrogen) atoms. The largest absolute Gasteiger partial charge is 0.436 e. The molecule has 1 heterocycles. The fourth-order valence-corrected chi connectivity index (χ4v) is 3.13. The third-order valence-electron chi connectivity index (χ3n) is 3.87. The third-order valence-corrected chi connectivity index (χ3v) is 4.42. The van der Waals surface area contributed by atoms with Crippen molar-refractivity contribution in [2.45, 2.75) is 6.18 Å². The van der Waals surface area contributed by atoms with E-state index in [0.717, 1.165) is 7.05 Å². The van der Waals surface area contributed by atoms with E-state index < -0.39 is 29.3 Å². The number of hydrogen-bond donors (Lipinski definition) is 1. The maximum absolute atomic E-state index is 14.1. The Morgan fingerprint density at radius 2 is 1.79 bits per heavy atom. The predicted octanol–water partition coefficient (Wildman–Crippen LogP) is 5.80.